The number of carboxylic acid groups (broad SMARTS) is 1. The predicted octanol–water partition coefficient (Wildman–Crippen LogP) is 4.80. The van der Waals surface area contributed by atoms with Crippen molar-refractivity contribution in [1.82, 2.24) is 0 Å². The van der Waals surface area contributed by atoms with Crippen molar-refractivity contribution in [1.29, 1.82) is 0 Å². The summed E-state index contributed by atoms with van der Waals surface area (Å²) in [4.78, 5) is 11.9. The summed E-state index contributed by atoms with van der Waals surface area (Å²) in [6, 6.07) is 19.6. The van der Waals surface area contributed by atoms with Crippen LogP contribution >= 0.6 is 11.8 Å². The van der Waals surface area contributed by atoms with Crippen LogP contribution in [0.25, 0.3) is 11.1 Å². The summed E-state index contributed by atoms with van der Waals surface area (Å²) in [6.45, 7) is 0. The highest BCUT2D eigenvalue weighted by molar-refractivity contribution is 7.99. The van der Waals surface area contributed by atoms with Gasteiger partial charge in [-0.25, -0.2) is 4.79 Å². The van der Waals surface area contributed by atoms with Gasteiger partial charge in [0.05, 0.1) is 5.56 Å². The van der Waals surface area contributed by atoms with Crippen LogP contribution in [0, 0.1) is 0 Å². The molecule has 0 saturated heterocycles. The fraction of sp³-hybridized carbons (Fsp3) is 0. The molecule has 0 aliphatic heterocycles. The second-order valence-electron chi connectivity index (χ2n) is 4.42. The molecule has 4 heteroatoms. The Bertz CT molecular complexity index is 762. The van der Waals surface area contributed by atoms with E-state index in [2.05, 4.69) is 0 Å². The Hall–Kier alpha value is -2.46. The Labute approximate surface area is 126 Å². The Morgan fingerprint density at radius 3 is 2.43 bits per heavy atom. The van der Waals surface area contributed by atoms with E-state index in [-0.39, 0.29) is 5.56 Å². The average Bonchev–Trinajstić information content (AvgIpc) is 2.98. The molecule has 0 aliphatic carbocycles. The van der Waals surface area contributed by atoms with E-state index in [1.54, 1.807) is 0 Å². The van der Waals surface area contributed by atoms with Crippen LogP contribution in [0.4, 0.5) is 0 Å². The van der Waals surface area contributed by atoms with E-state index < -0.39 is 5.97 Å². The number of hydrogen-bond donors (Lipinski definition) is 1. The lowest BCUT2D eigenvalue weighted by Gasteiger charge is -2.07. The average molecular weight is 296 g/mol. The van der Waals surface area contributed by atoms with E-state index in [9.17, 15) is 4.79 Å². The van der Waals surface area contributed by atoms with Crippen molar-refractivity contribution in [2.75, 3.05) is 0 Å². The molecule has 2 aromatic carbocycles. The molecule has 3 nitrogen and oxygen atoms in total. The molecule has 1 aromatic heterocycles. The molecule has 0 unspecified atom stereocenters. The van der Waals surface area contributed by atoms with Gasteiger partial charge in [-0.2, -0.15) is 0 Å². The molecular weight excluding hydrogens is 284 g/mol. The van der Waals surface area contributed by atoms with Gasteiger partial charge < -0.3 is 9.52 Å². The van der Waals surface area contributed by atoms with Gasteiger partial charge in [-0.1, -0.05) is 60.3 Å². The quantitative estimate of drug-likeness (QED) is 0.751. The van der Waals surface area contributed by atoms with Crippen LogP contribution in [0.5, 0.6) is 0 Å². The van der Waals surface area contributed by atoms with E-state index in [0.717, 1.165) is 16.0 Å². The third kappa shape index (κ3) is 3.01. The first kappa shape index (κ1) is 13.5. The van der Waals surface area contributed by atoms with Gasteiger partial charge in [-0.3, -0.25) is 0 Å². The topological polar surface area (TPSA) is 50.4 Å². The zero-order chi connectivity index (χ0) is 14.7. The first-order chi connectivity index (χ1) is 10.2. The molecule has 3 aromatic rings. The van der Waals surface area contributed by atoms with Crippen molar-refractivity contribution >= 4 is 17.7 Å². The van der Waals surface area contributed by atoms with Gasteiger partial charge in [-0.15, -0.1) is 0 Å². The summed E-state index contributed by atoms with van der Waals surface area (Å²) in [5, 5.41) is 9.49. The molecule has 21 heavy (non-hydrogen) atoms. The van der Waals surface area contributed by atoms with Gasteiger partial charge in [0.1, 0.15) is 6.26 Å². The van der Waals surface area contributed by atoms with Crippen LogP contribution in [0.1, 0.15) is 10.4 Å². The van der Waals surface area contributed by atoms with Crippen molar-refractivity contribution in [3.8, 4) is 11.1 Å². The van der Waals surface area contributed by atoms with Gasteiger partial charge in [0.25, 0.3) is 0 Å². The van der Waals surface area contributed by atoms with Crippen molar-refractivity contribution < 1.29 is 14.3 Å². The van der Waals surface area contributed by atoms with Gasteiger partial charge in [0, 0.05) is 11.0 Å². The van der Waals surface area contributed by atoms with Crippen molar-refractivity contribution in [3.63, 3.8) is 0 Å². The minimum atomic E-state index is -0.984. The second-order valence-corrected chi connectivity index (χ2v) is 5.47. The minimum Gasteiger partial charge on any atom is -0.478 e. The van der Waals surface area contributed by atoms with Crippen LogP contribution in [-0.4, -0.2) is 11.1 Å². The SMILES string of the molecule is O=C(O)c1coc(Sc2ccccc2-c2ccccc2)c1. The molecule has 0 saturated carbocycles. The van der Waals surface area contributed by atoms with Crippen molar-refractivity contribution in [2.45, 2.75) is 9.99 Å². The molecule has 0 atom stereocenters. The highest BCUT2D eigenvalue weighted by Crippen LogP contribution is 2.36. The highest BCUT2D eigenvalue weighted by Gasteiger charge is 2.11. The van der Waals surface area contributed by atoms with E-state index in [1.165, 1.54) is 24.1 Å². The molecule has 3 rings (SSSR count). The second kappa shape index (κ2) is 5.89. The predicted molar refractivity (Wildman–Crippen MR) is 81.7 cm³/mol. The molecule has 0 spiro atoms. The summed E-state index contributed by atoms with van der Waals surface area (Å²) < 4.78 is 5.30. The monoisotopic (exact) mass is 296 g/mol. The standard InChI is InChI=1S/C17H12O3S/c18-17(19)13-10-16(20-11-13)21-15-9-5-4-8-14(15)12-6-2-1-3-7-12/h1-11H,(H,18,19). The lowest BCUT2D eigenvalue weighted by atomic mass is 10.1. The Morgan fingerprint density at radius 2 is 1.71 bits per heavy atom. The van der Waals surface area contributed by atoms with Crippen molar-refractivity contribution in [3.05, 3.63) is 72.5 Å². The van der Waals surface area contributed by atoms with Crippen molar-refractivity contribution in [2.24, 2.45) is 0 Å². The smallest absolute Gasteiger partial charge is 0.339 e. The summed E-state index contributed by atoms with van der Waals surface area (Å²) in [6.07, 6.45) is 1.26. The maximum atomic E-state index is 10.9. The van der Waals surface area contributed by atoms with Gasteiger partial charge in [-0.05, 0) is 17.2 Å². The number of carboxylic acids is 1. The third-order valence-corrected chi connectivity index (χ3v) is 4.00. The number of benzene rings is 2. The van der Waals surface area contributed by atoms with E-state index in [0.29, 0.717) is 5.09 Å². The lowest BCUT2D eigenvalue weighted by Crippen LogP contribution is -1.91. The molecule has 104 valence electrons. The number of furan rings is 1. The van der Waals surface area contributed by atoms with Gasteiger partial charge in [0.2, 0.25) is 0 Å². The maximum absolute atomic E-state index is 10.9. The summed E-state index contributed by atoms with van der Waals surface area (Å²) in [5.74, 6) is -0.984. The normalized spacial score (nSPS) is 10.5. The molecule has 0 radical (unpaired) electrons. The number of hydrogen-bond acceptors (Lipinski definition) is 3. The lowest BCUT2D eigenvalue weighted by molar-refractivity contribution is 0.0696. The van der Waals surface area contributed by atoms with Crippen LogP contribution in [0.15, 0.2) is 81.3 Å². The van der Waals surface area contributed by atoms with Crippen LogP contribution in [0.2, 0.25) is 0 Å². The highest BCUT2D eigenvalue weighted by atomic mass is 32.2. The molecule has 0 amide bonds. The van der Waals surface area contributed by atoms with Crippen LogP contribution in [0.3, 0.4) is 0 Å². The first-order valence-electron chi connectivity index (χ1n) is 6.38. The molecule has 1 N–H and O–H groups in total. The third-order valence-electron chi connectivity index (χ3n) is 3.00. The van der Waals surface area contributed by atoms with E-state index in [4.69, 9.17) is 9.52 Å². The van der Waals surface area contributed by atoms with Gasteiger partial charge >= 0.3 is 5.97 Å². The Balaban J connectivity index is 1.94. The summed E-state index contributed by atoms with van der Waals surface area (Å²) in [5.41, 5.74) is 2.37. The Morgan fingerprint density at radius 1 is 1.00 bits per heavy atom. The Kier molecular flexibility index (Phi) is 3.79. The number of carbonyl (C=O) groups is 1. The minimum absolute atomic E-state index is 0.162. The molecule has 1 heterocycles. The zero-order valence-electron chi connectivity index (χ0n) is 11.0. The largest absolute Gasteiger partial charge is 0.478 e. The first-order valence-corrected chi connectivity index (χ1v) is 7.20. The number of aromatic carboxylic acids is 1. The van der Waals surface area contributed by atoms with E-state index in [1.807, 2.05) is 54.6 Å². The van der Waals surface area contributed by atoms with Gasteiger partial charge in [0.15, 0.2) is 5.09 Å². The fourth-order valence-corrected chi connectivity index (χ4v) is 2.94. The molecular formula is C17H12O3S. The van der Waals surface area contributed by atoms with Crippen LogP contribution < -0.4 is 0 Å². The number of rotatable bonds is 4. The van der Waals surface area contributed by atoms with E-state index >= 15 is 0 Å². The fourth-order valence-electron chi connectivity index (χ4n) is 2.00. The van der Waals surface area contributed by atoms with Crippen LogP contribution in [-0.2, 0) is 0 Å². The summed E-state index contributed by atoms with van der Waals surface area (Å²) in [7, 11) is 0. The zero-order valence-corrected chi connectivity index (χ0v) is 11.8. The maximum Gasteiger partial charge on any atom is 0.339 e. The molecule has 0 aliphatic rings. The molecule has 0 fully saturated rings. The summed E-state index contributed by atoms with van der Waals surface area (Å²) >= 11 is 1.42. The molecule has 0 bridgehead atoms.